The quantitative estimate of drug-likeness (QED) is 0.731. The average molecular weight is 236 g/mol. The van der Waals surface area contributed by atoms with E-state index >= 15 is 0 Å². The molecule has 3 aliphatic rings. The highest BCUT2D eigenvalue weighted by Gasteiger charge is 2.36. The van der Waals surface area contributed by atoms with Crippen LogP contribution >= 0.6 is 0 Å². The highest BCUT2D eigenvalue weighted by atomic mass is 15.2. The zero-order valence-corrected chi connectivity index (χ0v) is 11.3. The predicted octanol–water partition coefficient (Wildman–Crippen LogP) is 2.78. The zero-order valence-electron chi connectivity index (χ0n) is 11.3. The van der Waals surface area contributed by atoms with Crippen molar-refractivity contribution >= 4 is 0 Å². The topological polar surface area (TPSA) is 15.3 Å². The first-order chi connectivity index (χ1) is 8.33. The second-order valence-electron chi connectivity index (χ2n) is 6.61. The fraction of sp³-hybridized carbons (Fsp3) is 1.00. The van der Waals surface area contributed by atoms with Crippen molar-refractivity contribution in [2.24, 2.45) is 5.92 Å². The fourth-order valence-corrected chi connectivity index (χ4v) is 3.28. The molecule has 3 saturated carbocycles. The van der Waals surface area contributed by atoms with Crippen molar-refractivity contribution < 1.29 is 0 Å². The summed E-state index contributed by atoms with van der Waals surface area (Å²) in [7, 11) is 0. The van der Waals surface area contributed by atoms with Gasteiger partial charge in [0.2, 0.25) is 0 Å². The molecule has 0 radical (unpaired) electrons. The number of hydrogen-bond donors (Lipinski definition) is 1. The Morgan fingerprint density at radius 2 is 1.76 bits per heavy atom. The fourth-order valence-electron chi connectivity index (χ4n) is 3.28. The molecule has 98 valence electrons. The average Bonchev–Trinajstić information content (AvgIpc) is 3.23. The highest BCUT2D eigenvalue weighted by molar-refractivity contribution is 4.91. The molecule has 0 bridgehead atoms. The van der Waals surface area contributed by atoms with Gasteiger partial charge < -0.3 is 5.32 Å². The second-order valence-corrected chi connectivity index (χ2v) is 6.61. The Morgan fingerprint density at radius 3 is 2.35 bits per heavy atom. The Morgan fingerprint density at radius 1 is 1.06 bits per heavy atom. The lowest BCUT2D eigenvalue weighted by atomic mass is 10.2. The first-order valence-electron chi connectivity index (χ1n) is 7.82. The molecule has 1 N–H and O–H groups in total. The summed E-state index contributed by atoms with van der Waals surface area (Å²) in [5, 5.41) is 3.80. The minimum atomic E-state index is 0.753. The molecule has 1 unspecified atom stereocenters. The van der Waals surface area contributed by atoms with Crippen LogP contribution in [0.5, 0.6) is 0 Å². The number of nitrogens with one attached hydrogen (secondary N) is 1. The molecular weight excluding hydrogens is 208 g/mol. The summed E-state index contributed by atoms with van der Waals surface area (Å²) in [5.74, 6) is 1.05. The van der Waals surface area contributed by atoms with Gasteiger partial charge in [0, 0.05) is 31.2 Å². The van der Waals surface area contributed by atoms with E-state index in [0.29, 0.717) is 0 Å². The molecule has 0 spiro atoms. The third-order valence-electron chi connectivity index (χ3n) is 4.81. The molecule has 0 aromatic carbocycles. The SMILES string of the molecule is CC(CNC1CCCC1)N(CC1CC1)C1CC1. The summed E-state index contributed by atoms with van der Waals surface area (Å²) in [6.45, 7) is 5.04. The summed E-state index contributed by atoms with van der Waals surface area (Å²) in [6, 6.07) is 2.53. The van der Waals surface area contributed by atoms with E-state index in [2.05, 4.69) is 17.1 Å². The van der Waals surface area contributed by atoms with E-state index in [9.17, 15) is 0 Å². The first kappa shape index (κ1) is 12.0. The molecule has 0 heterocycles. The van der Waals surface area contributed by atoms with Gasteiger partial charge in [0.15, 0.2) is 0 Å². The molecule has 0 saturated heterocycles. The van der Waals surface area contributed by atoms with Crippen LogP contribution in [0, 0.1) is 5.92 Å². The zero-order chi connectivity index (χ0) is 11.7. The van der Waals surface area contributed by atoms with Crippen LogP contribution in [-0.2, 0) is 0 Å². The van der Waals surface area contributed by atoms with E-state index in [1.54, 1.807) is 0 Å². The van der Waals surface area contributed by atoms with E-state index < -0.39 is 0 Å². The van der Waals surface area contributed by atoms with Gasteiger partial charge in [0.05, 0.1) is 0 Å². The lowest BCUT2D eigenvalue weighted by molar-refractivity contribution is 0.182. The standard InChI is InChI=1S/C15H28N2/c1-12(10-16-14-4-2-3-5-14)17(15-8-9-15)11-13-6-7-13/h12-16H,2-11H2,1H3. The van der Waals surface area contributed by atoms with Crippen LogP contribution in [0.25, 0.3) is 0 Å². The van der Waals surface area contributed by atoms with E-state index in [0.717, 1.165) is 24.0 Å². The minimum absolute atomic E-state index is 0.753. The van der Waals surface area contributed by atoms with E-state index in [4.69, 9.17) is 0 Å². The third kappa shape index (κ3) is 3.45. The van der Waals surface area contributed by atoms with Gasteiger partial charge in [-0.3, -0.25) is 4.90 Å². The third-order valence-corrected chi connectivity index (χ3v) is 4.81. The van der Waals surface area contributed by atoms with Gasteiger partial charge in [-0.1, -0.05) is 12.8 Å². The number of hydrogen-bond acceptors (Lipinski definition) is 2. The molecular formula is C15H28N2. The molecule has 0 amide bonds. The number of nitrogens with zero attached hydrogens (tertiary/aromatic N) is 1. The maximum Gasteiger partial charge on any atom is 0.0195 e. The van der Waals surface area contributed by atoms with Gasteiger partial charge in [-0.05, 0) is 51.4 Å². The van der Waals surface area contributed by atoms with Gasteiger partial charge in [0.25, 0.3) is 0 Å². The molecule has 3 aliphatic carbocycles. The number of rotatable bonds is 7. The van der Waals surface area contributed by atoms with Crippen LogP contribution in [0.1, 0.15) is 58.3 Å². The van der Waals surface area contributed by atoms with Crippen LogP contribution in [0.2, 0.25) is 0 Å². The normalized spacial score (nSPS) is 27.9. The molecule has 3 fully saturated rings. The van der Waals surface area contributed by atoms with Gasteiger partial charge in [-0.15, -0.1) is 0 Å². The van der Waals surface area contributed by atoms with E-state index in [1.807, 2.05) is 0 Å². The molecule has 0 aromatic heterocycles. The van der Waals surface area contributed by atoms with Crippen LogP contribution in [-0.4, -0.2) is 36.1 Å². The van der Waals surface area contributed by atoms with E-state index in [-0.39, 0.29) is 0 Å². The smallest absolute Gasteiger partial charge is 0.0195 e. The van der Waals surface area contributed by atoms with Crippen LogP contribution < -0.4 is 5.32 Å². The van der Waals surface area contributed by atoms with Crippen molar-refractivity contribution in [3.63, 3.8) is 0 Å². The first-order valence-corrected chi connectivity index (χ1v) is 7.82. The van der Waals surface area contributed by atoms with E-state index in [1.165, 1.54) is 64.5 Å². The van der Waals surface area contributed by atoms with Gasteiger partial charge in [-0.2, -0.15) is 0 Å². The summed E-state index contributed by atoms with van der Waals surface area (Å²) < 4.78 is 0. The Labute approximate surface area is 106 Å². The predicted molar refractivity (Wildman–Crippen MR) is 72.2 cm³/mol. The van der Waals surface area contributed by atoms with Crippen LogP contribution in [0.15, 0.2) is 0 Å². The minimum Gasteiger partial charge on any atom is -0.312 e. The molecule has 3 rings (SSSR count). The lowest BCUT2D eigenvalue weighted by Gasteiger charge is -2.30. The lowest BCUT2D eigenvalue weighted by Crippen LogP contribution is -2.44. The monoisotopic (exact) mass is 236 g/mol. The molecule has 2 heteroatoms. The summed E-state index contributed by atoms with van der Waals surface area (Å²) in [5.41, 5.74) is 0. The highest BCUT2D eigenvalue weighted by Crippen LogP contribution is 2.35. The maximum atomic E-state index is 3.80. The second kappa shape index (κ2) is 5.27. The van der Waals surface area contributed by atoms with Crippen molar-refractivity contribution in [1.82, 2.24) is 10.2 Å². The van der Waals surface area contributed by atoms with Crippen LogP contribution in [0.3, 0.4) is 0 Å². The Bertz CT molecular complexity index is 239. The van der Waals surface area contributed by atoms with Crippen molar-refractivity contribution in [3.8, 4) is 0 Å². The summed E-state index contributed by atoms with van der Waals surface area (Å²) in [6.07, 6.45) is 11.6. The molecule has 17 heavy (non-hydrogen) atoms. The summed E-state index contributed by atoms with van der Waals surface area (Å²) >= 11 is 0. The van der Waals surface area contributed by atoms with Crippen molar-refractivity contribution in [2.75, 3.05) is 13.1 Å². The summed E-state index contributed by atoms with van der Waals surface area (Å²) in [4.78, 5) is 2.81. The maximum absolute atomic E-state index is 3.80. The Balaban J connectivity index is 1.42. The Hall–Kier alpha value is -0.0800. The Kier molecular flexibility index (Phi) is 3.72. The largest absolute Gasteiger partial charge is 0.312 e. The van der Waals surface area contributed by atoms with Gasteiger partial charge >= 0.3 is 0 Å². The molecule has 0 aromatic rings. The van der Waals surface area contributed by atoms with Crippen molar-refractivity contribution in [1.29, 1.82) is 0 Å². The molecule has 0 aliphatic heterocycles. The van der Waals surface area contributed by atoms with Gasteiger partial charge in [-0.25, -0.2) is 0 Å². The van der Waals surface area contributed by atoms with Gasteiger partial charge in [0.1, 0.15) is 0 Å². The molecule has 1 atom stereocenters. The van der Waals surface area contributed by atoms with Crippen molar-refractivity contribution in [2.45, 2.75) is 76.4 Å². The van der Waals surface area contributed by atoms with Crippen LogP contribution in [0.4, 0.5) is 0 Å². The van der Waals surface area contributed by atoms with Crippen molar-refractivity contribution in [3.05, 3.63) is 0 Å². The molecule has 2 nitrogen and oxygen atoms in total.